The highest BCUT2D eigenvalue weighted by molar-refractivity contribution is 7.99. The molecule has 1 fully saturated rings. The highest BCUT2D eigenvalue weighted by Crippen LogP contribution is 2.37. The second-order valence-electron chi connectivity index (χ2n) is 7.44. The summed E-state index contributed by atoms with van der Waals surface area (Å²) < 4.78 is 2.17. The van der Waals surface area contributed by atoms with Crippen molar-refractivity contribution in [2.75, 3.05) is 11.1 Å². The Morgan fingerprint density at radius 2 is 1.74 bits per heavy atom. The van der Waals surface area contributed by atoms with Crippen molar-refractivity contribution in [3.8, 4) is 11.4 Å². The number of aromatic nitrogens is 3. The molecule has 31 heavy (non-hydrogen) atoms. The van der Waals surface area contributed by atoms with Gasteiger partial charge in [-0.1, -0.05) is 65.8 Å². The number of carbonyl (C=O) groups excluding carboxylic acids is 1. The maximum Gasteiger partial charge on any atom is 0.234 e. The van der Waals surface area contributed by atoms with Gasteiger partial charge in [-0.25, -0.2) is 0 Å². The Kier molecular flexibility index (Phi) is 7.43. The van der Waals surface area contributed by atoms with Crippen LogP contribution in [-0.2, 0) is 4.79 Å². The minimum atomic E-state index is -0.110. The van der Waals surface area contributed by atoms with E-state index in [-0.39, 0.29) is 11.7 Å². The summed E-state index contributed by atoms with van der Waals surface area (Å²) in [6.45, 7) is 0. The molecule has 2 aromatic carbocycles. The van der Waals surface area contributed by atoms with E-state index in [1.165, 1.54) is 31.0 Å². The summed E-state index contributed by atoms with van der Waals surface area (Å²) in [7, 11) is 0. The highest BCUT2D eigenvalue weighted by atomic mass is 35.5. The van der Waals surface area contributed by atoms with Gasteiger partial charge in [-0.15, -0.1) is 10.2 Å². The van der Waals surface area contributed by atoms with E-state index in [1.807, 2.05) is 12.1 Å². The van der Waals surface area contributed by atoms with Gasteiger partial charge in [0.1, 0.15) is 0 Å². The number of halogens is 3. The number of rotatable bonds is 6. The average Bonchev–Trinajstić information content (AvgIpc) is 3.20. The monoisotopic (exact) mass is 494 g/mol. The van der Waals surface area contributed by atoms with Gasteiger partial charge in [0.25, 0.3) is 0 Å². The molecule has 0 radical (unpaired) electrons. The van der Waals surface area contributed by atoms with Crippen LogP contribution in [0.4, 0.5) is 5.69 Å². The summed E-state index contributed by atoms with van der Waals surface area (Å²) in [5.74, 6) is 0.877. The first-order valence-electron chi connectivity index (χ1n) is 10.1. The van der Waals surface area contributed by atoms with E-state index >= 15 is 0 Å². The van der Waals surface area contributed by atoms with Crippen molar-refractivity contribution < 1.29 is 4.79 Å². The molecule has 1 aliphatic carbocycles. The Morgan fingerprint density at radius 3 is 2.45 bits per heavy atom. The molecular formula is C22H21Cl3N4OS. The highest BCUT2D eigenvalue weighted by Gasteiger charge is 2.24. The normalized spacial score (nSPS) is 14.5. The maximum atomic E-state index is 12.5. The van der Waals surface area contributed by atoms with Crippen molar-refractivity contribution in [3.05, 3.63) is 57.5 Å². The minimum Gasteiger partial charge on any atom is -0.325 e. The molecule has 0 saturated heterocycles. The summed E-state index contributed by atoms with van der Waals surface area (Å²) in [6.07, 6.45) is 5.72. The number of nitrogens with zero attached hydrogens (tertiary/aromatic N) is 3. The molecule has 0 unspecified atom stereocenters. The molecule has 4 rings (SSSR count). The van der Waals surface area contributed by atoms with Crippen molar-refractivity contribution in [1.82, 2.24) is 14.8 Å². The predicted molar refractivity (Wildman–Crippen MR) is 128 cm³/mol. The van der Waals surface area contributed by atoms with Gasteiger partial charge in [-0.2, -0.15) is 0 Å². The fourth-order valence-corrected chi connectivity index (χ4v) is 4.97. The standard InChI is InChI=1S/C22H21Cl3N4OS/c23-15-7-9-16(10-8-15)26-20(30)13-31-22-28-27-21(14-6-11-18(24)19(25)12-14)29(22)17-4-2-1-3-5-17/h6-12,17H,1-5,13H2,(H,26,30). The van der Waals surface area contributed by atoms with Gasteiger partial charge in [-0.3, -0.25) is 9.36 Å². The number of thioether (sulfide) groups is 1. The largest absolute Gasteiger partial charge is 0.325 e. The summed E-state index contributed by atoms with van der Waals surface area (Å²) in [5, 5.41) is 14.1. The molecule has 1 saturated carbocycles. The summed E-state index contributed by atoms with van der Waals surface area (Å²) >= 11 is 19.6. The number of nitrogens with one attached hydrogen (secondary N) is 1. The molecule has 1 aromatic heterocycles. The Morgan fingerprint density at radius 1 is 1.00 bits per heavy atom. The van der Waals surface area contributed by atoms with E-state index in [2.05, 4.69) is 20.1 Å². The summed E-state index contributed by atoms with van der Waals surface area (Å²) in [4.78, 5) is 12.5. The van der Waals surface area contributed by atoms with Gasteiger partial charge in [0.2, 0.25) is 5.91 Å². The first-order valence-corrected chi connectivity index (χ1v) is 12.2. The van der Waals surface area contributed by atoms with Crippen LogP contribution < -0.4 is 5.32 Å². The van der Waals surface area contributed by atoms with Crippen LogP contribution in [0.25, 0.3) is 11.4 Å². The van der Waals surface area contributed by atoms with E-state index in [4.69, 9.17) is 34.8 Å². The number of hydrogen-bond donors (Lipinski definition) is 1. The Bertz CT molecular complexity index is 1070. The SMILES string of the molecule is O=C(CSc1nnc(-c2ccc(Cl)c(Cl)c2)n1C1CCCCC1)Nc1ccc(Cl)cc1. The quantitative estimate of drug-likeness (QED) is 0.369. The smallest absolute Gasteiger partial charge is 0.234 e. The fourth-order valence-electron chi connectivity index (χ4n) is 3.74. The molecule has 3 aromatic rings. The molecule has 0 bridgehead atoms. The fraction of sp³-hybridized carbons (Fsp3) is 0.318. The number of anilines is 1. The molecule has 1 heterocycles. The number of carbonyl (C=O) groups is 1. The van der Waals surface area contributed by atoms with E-state index in [0.29, 0.717) is 26.8 Å². The van der Waals surface area contributed by atoms with Crippen LogP contribution in [0, 0.1) is 0 Å². The molecule has 0 aliphatic heterocycles. The third-order valence-corrected chi connectivity index (χ3v) is 7.18. The zero-order valence-corrected chi connectivity index (χ0v) is 19.7. The van der Waals surface area contributed by atoms with E-state index in [9.17, 15) is 4.79 Å². The van der Waals surface area contributed by atoms with E-state index in [0.717, 1.165) is 29.4 Å². The maximum absolute atomic E-state index is 12.5. The molecular weight excluding hydrogens is 475 g/mol. The lowest BCUT2D eigenvalue weighted by Crippen LogP contribution is -2.17. The van der Waals surface area contributed by atoms with E-state index in [1.54, 1.807) is 30.3 Å². The van der Waals surface area contributed by atoms with Crippen LogP contribution in [-0.4, -0.2) is 26.4 Å². The number of hydrogen-bond acceptors (Lipinski definition) is 4. The summed E-state index contributed by atoms with van der Waals surface area (Å²) in [5.41, 5.74) is 1.57. The van der Waals surface area contributed by atoms with Crippen LogP contribution in [0.3, 0.4) is 0 Å². The van der Waals surface area contributed by atoms with Gasteiger partial charge in [0.05, 0.1) is 15.8 Å². The lowest BCUT2D eigenvalue weighted by molar-refractivity contribution is -0.113. The second-order valence-corrected chi connectivity index (χ2v) is 9.63. The first kappa shape index (κ1) is 22.5. The number of benzene rings is 2. The third-order valence-electron chi connectivity index (χ3n) is 5.24. The molecule has 9 heteroatoms. The van der Waals surface area contributed by atoms with Crippen molar-refractivity contribution in [2.45, 2.75) is 43.3 Å². The molecule has 162 valence electrons. The van der Waals surface area contributed by atoms with Crippen molar-refractivity contribution >= 4 is 58.2 Å². The Labute approximate surface area is 200 Å². The molecule has 0 atom stereocenters. The third kappa shape index (κ3) is 5.55. The van der Waals surface area contributed by atoms with Crippen LogP contribution in [0.5, 0.6) is 0 Å². The molecule has 1 aliphatic rings. The van der Waals surface area contributed by atoms with Crippen LogP contribution in [0.15, 0.2) is 47.6 Å². The van der Waals surface area contributed by atoms with E-state index < -0.39 is 0 Å². The topological polar surface area (TPSA) is 59.8 Å². The van der Waals surface area contributed by atoms with Gasteiger partial charge in [0, 0.05) is 22.3 Å². The summed E-state index contributed by atoms with van der Waals surface area (Å²) in [6, 6.07) is 12.8. The lowest BCUT2D eigenvalue weighted by atomic mass is 9.95. The molecule has 0 spiro atoms. The lowest BCUT2D eigenvalue weighted by Gasteiger charge is -2.25. The minimum absolute atomic E-state index is 0.110. The second kappa shape index (κ2) is 10.3. The van der Waals surface area contributed by atoms with Gasteiger partial charge in [0.15, 0.2) is 11.0 Å². The van der Waals surface area contributed by atoms with Crippen molar-refractivity contribution in [2.24, 2.45) is 0 Å². The number of amides is 1. The van der Waals surface area contributed by atoms with Crippen LogP contribution in [0.2, 0.25) is 15.1 Å². The van der Waals surface area contributed by atoms with Crippen molar-refractivity contribution in [3.63, 3.8) is 0 Å². The zero-order chi connectivity index (χ0) is 21.8. The molecule has 1 N–H and O–H groups in total. The molecule has 1 amide bonds. The molecule has 5 nitrogen and oxygen atoms in total. The van der Waals surface area contributed by atoms with Gasteiger partial charge in [-0.05, 0) is 55.3 Å². The van der Waals surface area contributed by atoms with Gasteiger partial charge < -0.3 is 5.32 Å². The average molecular weight is 496 g/mol. The van der Waals surface area contributed by atoms with Crippen LogP contribution >= 0.6 is 46.6 Å². The van der Waals surface area contributed by atoms with Crippen LogP contribution in [0.1, 0.15) is 38.1 Å². The predicted octanol–water partition coefficient (Wildman–Crippen LogP) is 7.14. The Balaban J connectivity index is 1.55. The van der Waals surface area contributed by atoms with Crippen molar-refractivity contribution in [1.29, 1.82) is 0 Å². The first-order chi connectivity index (χ1) is 15.0. The van der Waals surface area contributed by atoms with Gasteiger partial charge >= 0.3 is 0 Å². The zero-order valence-electron chi connectivity index (χ0n) is 16.7. The Hall–Kier alpha value is -1.73.